The number of nitrogens with one attached hydrogen (secondary N) is 1. The number of unbranched alkanes of at least 4 members (excludes halogenated alkanes) is 1. The lowest BCUT2D eigenvalue weighted by Gasteiger charge is -2.10. The van der Waals surface area contributed by atoms with Gasteiger partial charge in [-0.15, -0.1) is 6.42 Å². The van der Waals surface area contributed by atoms with Gasteiger partial charge in [0, 0.05) is 6.54 Å². The van der Waals surface area contributed by atoms with E-state index in [1.54, 1.807) is 0 Å². The van der Waals surface area contributed by atoms with Crippen LogP contribution in [-0.4, -0.2) is 23.1 Å². The maximum absolute atomic E-state index is 5.50. The van der Waals surface area contributed by atoms with E-state index in [2.05, 4.69) is 28.1 Å². The van der Waals surface area contributed by atoms with E-state index in [0.717, 1.165) is 19.4 Å². The molecule has 86 valence electrons. The summed E-state index contributed by atoms with van der Waals surface area (Å²) >= 11 is 0. The van der Waals surface area contributed by atoms with Gasteiger partial charge < -0.3 is 15.8 Å². The van der Waals surface area contributed by atoms with Crippen LogP contribution in [0.1, 0.15) is 19.8 Å². The van der Waals surface area contributed by atoms with Gasteiger partial charge >= 0.3 is 0 Å². The van der Waals surface area contributed by atoms with Crippen LogP contribution in [0.2, 0.25) is 0 Å². The maximum Gasteiger partial charge on any atom is 0.222 e. The van der Waals surface area contributed by atoms with Gasteiger partial charge in [-0.1, -0.05) is 19.3 Å². The summed E-state index contributed by atoms with van der Waals surface area (Å²) in [7, 11) is 0. The van der Waals surface area contributed by atoms with E-state index in [9.17, 15) is 0 Å². The van der Waals surface area contributed by atoms with E-state index < -0.39 is 0 Å². The van der Waals surface area contributed by atoms with Crippen molar-refractivity contribution in [3.63, 3.8) is 0 Å². The van der Waals surface area contributed by atoms with Crippen molar-refractivity contribution in [2.24, 2.45) is 0 Å². The number of aromatic nitrogens is 2. The Bertz CT molecular complexity index is 373. The Balaban J connectivity index is 2.69. The molecule has 0 radical (unpaired) electrons. The van der Waals surface area contributed by atoms with E-state index in [1.807, 2.05) is 0 Å². The molecule has 0 fully saturated rings. The van der Waals surface area contributed by atoms with Gasteiger partial charge in [-0.05, 0) is 6.42 Å². The van der Waals surface area contributed by atoms with Gasteiger partial charge in [0.2, 0.25) is 5.95 Å². The van der Waals surface area contributed by atoms with Crippen molar-refractivity contribution < 1.29 is 4.74 Å². The summed E-state index contributed by atoms with van der Waals surface area (Å²) in [6, 6.07) is 0. The number of anilines is 2. The molecule has 0 aromatic carbocycles. The molecule has 5 heteroatoms. The van der Waals surface area contributed by atoms with E-state index in [0.29, 0.717) is 11.6 Å². The van der Waals surface area contributed by atoms with E-state index >= 15 is 0 Å². The zero-order valence-corrected chi connectivity index (χ0v) is 9.36. The van der Waals surface area contributed by atoms with Crippen LogP contribution in [0.15, 0.2) is 6.20 Å². The van der Waals surface area contributed by atoms with E-state index in [4.69, 9.17) is 16.9 Å². The predicted molar refractivity (Wildman–Crippen MR) is 64.2 cm³/mol. The molecule has 0 spiro atoms. The minimum Gasteiger partial charge on any atom is -0.475 e. The Kier molecular flexibility index (Phi) is 4.93. The van der Waals surface area contributed by atoms with Gasteiger partial charge in [-0.3, -0.25) is 0 Å². The van der Waals surface area contributed by atoms with Crippen molar-refractivity contribution in [3.8, 4) is 18.1 Å². The lowest BCUT2D eigenvalue weighted by Crippen LogP contribution is -2.08. The fourth-order valence-electron chi connectivity index (χ4n) is 1.12. The number of nitrogens with two attached hydrogens (primary N) is 1. The first-order valence-corrected chi connectivity index (χ1v) is 5.20. The molecule has 0 aliphatic heterocycles. The molecular weight excluding hydrogens is 204 g/mol. The van der Waals surface area contributed by atoms with Gasteiger partial charge in [0.25, 0.3) is 0 Å². The summed E-state index contributed by atoms with van der Waals surface area (Å²) in [6.45, 7) is 3.13. The number of rotatable bonds is 6. The van der Waals surface area contributed by atoms with Crippen molar-refractivity contribution in [2.45, 2.75) is 19.8 Å². The summed E-state index contributed by atoms with van der Waals surface area (Å²) < 4.78 is 5.29. The summed E-state index contributed by atoms with van der Waals surface area (Å²) in [6.07, 6.45) is 8.80. The molecule has 1 heterocycles. The third-order valence-electron chi connectivity index (χ3n) is 1.91. The molecule has 1 rings (SSSR count). The summed E-state index contributed by atoms with van der Waals surface area (Å²) in [5.74, 6) is 3.73. The number of terminal acetylenes is 1. The normalized spacial score (nSPS) is 9.50. The Morgan fingerprint density at radius 3 is 3.12 bits per heavy atom. The number of hydrogen-bond acceptors (Lipinski definition) is 5. The molecule has 0 aliphatic rings. The third kappa shape index (κ3) is 3.65. The highest BCUT2D eigenvalue weighted by atomic mass is 16.5. The average Bonchev–Trinajstić information content (AvgIpc) is 2.28. The van der Waals surface area contributed by atoms with Crippen LogP contribution >= 0.6 is 0 Å². The number of hydrogen-bond donors (Lipinski definition) is 2. The average molecular weight is 220 g/mol. The SMILES string of the molecule is C#CCOc1cnc(N)nc1NCCCC. The van der Waals surface area contributed by atoms with Crippen molar-refractivity contribution >= 4 is 11.8 Å². The van der Waals surface area contributed by atoms with Crippen molar-refractivity contribution in [2.75, 3.05) is 24.2 Å². The Hall–Kier alpha value is -1.96. The first-order valence-electron chi connectivity index (χ1n) is 5.20. The largest absolute Gasteiger partial charge is 0.475 e. The van der Waals surface area contributed by atoms with Crippen molar-refractivity contribution in [1.29, 1.82) is 0 Å². The highest BCUT2D eigenvalue weighted by Gasteiger charge is 2.05. The smallest absolute Gasteiger partial charge is 0.222 e. The van der Waals surface area contributed by atoms with Gasteiger partial charge in [0.1, 0.15) is 6.61 Å². The Morgan fingerprint density at radius 1 is 1.62 bits per heavy atom. The molecule has 0 bridgehead atoms. The molecule has 0 atom stereocenters. The molecule has 3 N–H and O–H groups in total. The molecule has 0 unspecified atom stereocenters. The Morgan fingerprint density at radius 2 is 2.44 bits per heavy atom. The predicted octanol–water partition coefficient (Wildman–Crippen LogP) is 1.28. The second kappa shape index (κ2) is 6.51. The van der Waals surface area contributed by atoms with Gasteiger partial charge in [0.05, 0.1) is 6.20 Å². The minimum atomic E-state index is 0.190. The number of nitrogens with zero attached hydrogens (tertiary/aromatic N) is 2. The van der Waals surface area contributed by atoms with Gasteiger partial charge in [0.15, 0.2) is 11.6 Å². The third-order valence-corrected chi connectivity index (χ3v) is 1.91. The fourth-order valence-corrected chi connectivity index (χ4v) is 1.12. The van der Waals surface area contributed by atoms with E-state index in [1.165, 1.54) is 6.20 Å². The maximum atomic E-state index is 5.50. The van der Waals surface area contributed by atoms with Crippen LogP contribution in [-0.2, 0) is 0 Å². The van der Waals surface area contributed by atoms with E-state index in [-0.39, 0.29) is 12.6 Å². The van der Waals surface area contributed by atoms with Gasteiger partial charge in [-0.25, -0.2) is 4.98 Å². The molecule has 5 nitrogen and oxygen atoms in total. The summed E-state index contributed by atoms with van der Waals surface area (Å²) in [5.41, 5.74) is 5.50. The van der Waals surface area contributed by atoms with Crippen molar-refractivity contribution in [1.82, 2.24) is 9.97 Å². The fraction of sp³-hybridized carbons (Fsp3) is 0.455. The van der Waals surface area contributed by atoms with Crippen LogP contribution in [0.25, 0.3) is 0 Å². The monoisotopic (exact) mass is 220 g/mol. The standard InChI is InChI=1S/C11H16N4O/c1-3-5-6-13-10-9(16-7-4-2)8-14-11(12)15-10/h2,8H,3,5-7H2,1H3,(H3,12,13,14,15). The first kappa shape index (κ1) is 12.1. The first-order chi connectivity index (χ1) is 7.77. The summed E-state index contributed by atoms with van der Waals surface area (Å²) in [4.78, 5) is 7.91. The number of nitrogen functional groups attached to an aromatic ring is 1. The Labute approximate surface area is 95.4 Å². The molecule has 1 aromatic rings. The van der Waals surface area contributed by atoms with Crippen LogP contribution in [0, 0.1) is 12.3 Å². The lowest BCUT2D eigenvalue weighted by atomic mass is 10.3. The van der Waals surface area contributed by atoms with Crippen LogP contribution < -0.4 is 15.8 Å². The number of ether oxygens (including phenoxy) is 1. The molecule has 0 saturated heterocycles. The molecular formula is C11H16N4O. The van der Waals surface area contributed by atoms with Gasteiger partial charge in [-0.2, -0.15) is 4.98 Å². The zero-order valence-electron chi connectivity index (χ0n) is 9.36. The topological polar surface area (TPSA) is 73.1 Å². The zero-order chi connectivity index (χ0) is 11.8. The molecule has 0 saturated carbocycles. The highest BCUT2D eigenvalue weighted by Crippen LogP contribution is 2.21. The molecule has 0 amide bonds. The lowest BCUT2D eigenvalue weighted by molar-refractivity contribution is 0.369. The minimum absolute atomic E-state index is 0.190. The second-order valence-corrected chi connectivity index (χ2v) is 3.21. The van der Waals surface area contributed by atoms with Crippen molar-refractivity contribution in [3.05, 3.63) is 6.20 Å². The van der Waals surface area contributed by atoms with Crippen LogP contribution in [0.3, 0.4) is 0 Å². The quantitative estimate of drug-likeness (QED) is 0.558. The van der Waals surface area contributed by atoms with Crippen LogP contribution in [0.4, 0.5) is 11.8 Å². The molecule has 16 heavy (non-hydrogen) atoms. The molecule has 1 aromatic heterocycles. The second-order valence-electron chi connectivity index (χ2n) is 3.21. The summed E-state index contributed by atoms with van der Waals surface area (Å²) in [5, 5.41) is 3.14. The highest BCUT2D eigenvalue weighted by molar-refractivity contribution is 5.51. The van der Waals surface area contributed by atoms with Crippen LogP contribution in [0.5, 0.6) is 5.75 Å². The molecule has 0 aliphatic carbocycles.